The Morgan fingerprint density at radius 1 is 1.15 bits per heavy atom. The summed E-state index contributed by atoms with van der Waals surface area (Å²) in [5, 5.41) is 3.84. The zero-order valence-corrected chi connectivity index (χ0v) is 15.9. The van der Waals surface area contributed by atoms with Crippen LogP contribution in [-0.4, -0.2) is 6.04 Å². The van der Waals surface area contributed by atoms with Gasteiger partial charge in [-0.2, -0.15) is 0 Å². The van der Waals surface area contributed by atoms with Gasteiger partial charge in [0.05, 0.1) is 5.69 Å². The molecule has 1 aromatic carbocycles. The SMILES string of the molecule is Cc1cc(Br)c(NC2CC3CCC2(C)C3(C)C)c(Br)c1. The molecule has 0 amide bonds. The highest BCUT2D eigenvalue weighted by atomic mass is 79.9. The minimum Gasteiger partial charge on any atom is -0.380 e. The number of rotatable bonds is 2. The van der Waals surface area contributed by atoms with Crippen LogP contribution in [0, 0.1) is 23.7 Å². The molecule has 0 heterocycles. The highest BCUT2D eigenvalue weighted by molar-refractivity contribution is 9.11. The van der Waals surface area contributed by atoms with Crippen molar-refractivity contribution in [1.29, 1.82) is 0 Å². The van der Waals surface area contributed by atoms with E-state index >= 15 is 0 Å². The van der Waals surface area contributed by atoms with Crippen molar-refractivity contribution in [2.45, 2.75) is 53.0 Å². The predicted octanol–water partition coefficient (Wildman–Crippen LogP) is 6.15. The Labute approximate surface area is 139 Å². The zero-order valence-electron chi connectivity index (χ0n) is 12.7. The Balaban J connectivity index is 1.91. The molecule has 0 aliphatic heterocycles. The van der Waals surface area contributed by atoms with E-state index in [1.54, 1.807) is 0 Å². The average molecular weight is 401 g/mol. The monoisotopic (exact) mass is 399 g/mol. The van der Waals surface area contributed by atoms with Crippen LogP contribution >= 0.6 is 31.9 Å². The zero-order chi connectivity index (χ0) is 14.7. The summed E-state index contributed by atoms with van der Waals surface area (Å²) in [6.07, 6.45) is 4.05. The Hall–Kier alpha value is -0.0200. The van der Waals surface area contributed by atoms with E-state index in [4.69, 9.17) is 0 Å². The molecule has 1 N–H and O–H groups in total. The van der Waals surface area contributed by atoms with Crippen LogP contribution in [0.15, 0.2) is 21.1 Å². The Bertz CT molecular complexity index is 529. The van der Waals surface area contributed by atoms with Crippen LogP contribution in [0.2, 0.25) is 0 Å². The highest BCUT2D eigenvalue weighted by Crippen LogP contribution is 2.66. The molecule has 3 atom stereocenters. The molecule has 2 bridgehead atoms. The number of nitrogens with one attached hydrogen (secondary N) is 1. The minimum atomic E-state index is 0.404. The van der Waals surface area contributed by atoms with Gasteiger partial charge in [0.25, 0.3) is 0 Å². The van der Waals surface area contributed by atoms with Crippen molar-refractivity contribution >= 4 is 37.5 Å². The average Bonchev–Trinajstić information content (AvgIpc) is 2.66. The maximum Gasteiger partial charge on any atom is 0.0631 e. The van der Waals surface area contributed by atoms with E-state index < -0.39 is 0 Å². The van der Waals surface area contributed by atoms with Crippen molar-refractivity contribution in [3.63, 3.8) is 0 Å². The van der Waals surface area contributed by atoms with Crippen molar-refractivity contribution in [2.24, 2.45) is 16.7 Å². The summed E-state index contributed by atoms with van der Waals surface area (Å²) in [5.41, 5.74) is 3.34. The van der Waals surface area contributed by atoms with Gasteiger partial charge < -0.3 is 5.32 Å². The topological polar surface area (TPSA) is 12.0 Å². The fraction of sp³-hybridized carbons (Fsp3) is 0.647. The molecule has 0 saturated heterocycles. The van der Waals surface area contributed by atoms with Crippen molar-refractivity contribution < 1.29 is 0 Å². The predicted molar refractivity (Wildman–Crippen MR) is 93.2 cm³/mol. The summed E-state index contributed by atoms with van der Waals surface area (Å²) in [5.74, 6) is 0.869. The summed E-state index contributed by atoms with van der Waals surface area (Å²) in [4.78, 5) is 0. The van der Waals surface area contributed by atoms with E-state index in [1.165, 1.54) is 30.5 Å². The van der Waals surface area contributed by atoms with E-state index in [-0.39, 0.29) is 0 Å². The van der Waals surface area contributed by atoms with Crippen LogP contribution in [0.3, 0.4) is 0 Å². The van der Waals surface area contributed by atoms with Crippen LogP contribution in [-0.2, 0) is 0 Å². The standard InChI is InChI=1S/C17H23Br2N/c1-10-7-12(18)15(13(19)8-10)20-14-9-11-5-6-17(14,4)16(11,2)3/h7-8,11,14,20H,5-6,9H2,1-4H3. The third-order valence-electron chi connectivity index (χ3n) is 6.30. The van der Waals surface area contributed by atoms with Crippen LogP contribution in [0.5, 0.6) is 0 Å². The van der Waals surface area contributed by atoms with E-state index in [1.807, 2.05) is 0 Å². The summed E-state index contributed by atoms with van der Waals surface area (Å²) >= 11 is 7.42. The summed E-state index contributed by atoms with van der Waals surface area (Å²) in [7, 11) is 0. The minimum absolute atomic E-state index is 0.404. The molecular weight excluding hydrogens is 378 g/mol. The number of aryl methyl sites for hydroxylation is 1. The van der Waals surface area contributed by atoms with Crippen molar-refractivity contribution in [3.05, 3.63) is 26.6 Å². The first-order valence-electron chi connectivity index (χ1n) is 7.48. The molecule has 1 aromatic rings. The fourth-order valence-electron chi connectivity index (χ4n) is 4.43. The van der Waals surface area contributed by atoms with E-state index in [2.05, 4.69) is 77.0 Å². The fourth-order valence-corrected chi connectivity index (χ4v) is 6.08. The van der Waals surface area contributed by atoms with Crippen molar-refractivity contribution in [3.8, 4) is 0 Å². The van der Waals surface area contributed by atoms with Crippen LogP contribution in [0.1, 0.15) is 45.6 Å². The second-order valence-corrected chi connectivity index (χ2v) is 9.12. The van der Waals surface area contributed by atoms with Gasteiger partial charge in [0.1, 0.15) is 0 Å². The molecule has 2 saturated carbocycles. The van der Waals surface area contributed by atoms with Gasteiger partial charge in [-0.05, 0) is 92.5 Å². The van der Waals surface area contributed by atoms with E-state index in [0.717, 1.165) is 14.9 Å². The Morgan fingerprint density at radius 3 is 2.20 bits per heavy atom. The molecule has 3 rings (SSSR count). The molecule has 0 radical (unpaired) electrons. The maximum atomic E-state index is 3.84. The molecule has 2 aliphatic rings. The molecule has 3 unspecified atom stereocenters. The molecule has 0 aromatic heterocycles. The first-order chi connectivity index (χ1) is 9.25. The van der Waals surface area contributed by atoms with E-state index in [0.29, 0.717) is 16.9 Å². The highest BCUT2D eigenvalue weighted by Gasteiger charge is 2.61. The second-order valence-electron chi connectivity index (χ2n) is 7.41. The Kier molecular flexibility index (Phi) is 3.53. The van der Waals surface area contributed by atoms with Crippen LogP contribution in [0.25, 0.3) is 0 Å². The Morgan fingerprint density at radius 2 is 1.75 bits per heavy atom. The number of halogens is 2. The second kappa shape index (κ2) is 4.74. The third-order valence-corrected chi connectivity index (χ3v) is 7.55. The quantitative estimate of drug-likeness (QED) is 0.627. The molecule has 3 heteroatoms. The van der Waals surface area contributed by atoms with Gasteiger partial charge in [-0.15, -0.1) is 0 Å². The molecule has 0 spiro atoms. The van der Waals surface area contributed by atoms with Gasteiger partial charge in [0.2, 0.25) is 0 Å². The van der Waals surface area contributed by atoms with Gasteiger partial charge in [-0.1, -0.05) is 20.8 Å². The lowest BCUT2D eigenvalue weighted by molar-refractivity contribution is 0.142. The van der Waals surface area contributed by atoms with Gasteiger partial charge in [-0.3, -0.25) is 0 Å². The van der Waals surface area contributed by atoms with E-state index in [9.17, 15) is 0 Å². The van der Waals surface area contributed by atoms with Crippen molar-refractivity contribution in [1.82, 2.24) is 0 Å². The largest absolute Gasteiger partial charge is 0.380 e. The summed E-state index contributed by atoms with van der Waals surface area (Å²) < 4.78 is 2.32. The lowest BCUT2D eigenvalue weighted by atomic mass is 9.69. The molecule has 2 fully saturated rings. The molecule has 20 heavy (non-hydrogen) atoms. The van der Waals surface area contributed by atoms with Crippen molar-refractivity contribution in [2.75, 3.05) is 5.32 Å². The first kappa shape index (κ1) is 14.9. The summed E-state index contributed by atoms with van der Waals surface area (Å²) in [6.45, 7) is 9.53. The maximum absolute atomic E-state index is 3.84. The lowest BCUT2D eigenvalue weighted by Crippen LogP contribution is -2.40. The number of hydrogen-bond acceptors (Lipinski definition) is 1. The van der Waals surface area contributed by atoms with Crippen LogP contribution in [0.4, 0.5) is 5.69 Å². The molecule has 1 nitrogen and oxygen atoms in total. The van der Waals surface area contributed by atoms with Gasteiger partial charge in [-0.25, -0.2) is 0 Å². The summed E-state index contributed by atoms with van der Waals surface area (Å²) in [6, 6.07) is 4.95. The number of hydrogen-bond donors (Lipinski definition) is 1. The van der Waals surface area contributed by atoms with Gasteiger partial charge in [0, 0.05) is 15.0 Å². The molecular formula is C17H23Br2N. The van der Waals surface area contributed by atoms with Gasteiger partial charge >= 0.3 is 0 Å². The number of benzene rings is 1. The van der Waals surface area contributed by atoms with Gasteiger partial charge in [0.15, 0.2) is 0 Å². The first-order valence-corrected chi connectivity index (χ1v) is 9.06. The lowest BCUT2D eigenvalue weighted by Gasteiger charge is -2.40. The third kappa shape index (κ3) is 1.99. The molecule has 2 aliphatic carbocycles. The molecule has 110 valence electrons. The van der Waals surface area contributed by atoms with Crippen LogP contribution < -0.4 is 5.32 Å². The number of fused-ring (bicyclic) bond motifs is 2. The number of anilines is 1. The normalized spacial score (nSPS) is 34.5. The smallest absolute Gasteiger partial charge is 0.0631 e.